The van der Waals surface area contributed by atoms with Crippen LogP contribution in [0.3, 0.4) is 0 Å². The van der Waals surface area contributed by atoms with Crippen molar-refractivity contribution < 1.29 is 59.0 Å². The van der Waals surface area contributed by atoms with E-state index in [1.807, 2.05) is 0 Å². The number of carbonyl (C=O) groups is 7. The summed E-state index contributed by atoms with van der Waals surface area (Å²) in [6.07, 6.45) is 3.83. The lowest BCUT2D eigenvalue weighted by Gasteiger charge is -2.30. The van der Waals surface area contributed by atoms with Gasteiger partial charge in [-0.3, -0.25) is 44.4 Å². The Morgan fingerprint density at radius 2 is 1.24 bits per heavy atom. The summed E-state index contributed by atoms with van der Waals surface area (Å²) in [5.41, 5.74) is 1.08. The van der Waals surface area contributed by atoms with Gasteiger partial charge in [0, 0.05) is 58.7 Å². The standard InChI is InChI=1S/C31H50N6O12/c1-20(11-16-38)18-27(41)36(47)14-5-8-24-29(43)34-25(30(44)33-24)9-6-15-37(48)28(42)19-21(2)12-17-49-31(45)26(32-22(3)39)10-7-13-35(46)23(4)40/h18-19,24-26,38,46-48H,5-17H2,1-4H3,(H,32,39)(H,33,44)(H,34,43)/b20-18+,21-19+. The van der Waals surface area contributed by atoms with E-state index in [-0.39, 0.29) is 77.8 Å². The first-order valence-corrected chi connectivity index (χ1v) is 16.0. The Labute approximate surface area is 285 Å². The van der Waals surface area contributed by atoms with Gasteiger partial charge in [-0.2, -0.15) is 0 Å². The van der Waals surface area contributed by atoms with E-state index < -0.39 is 59.5 Å². The lowest BCUT2D eigenvalue weighted by atomic mass is 10.0. The Bertz CT molecular complexity index is 1240. The van der Waals surface area contributed by atoms with E-state index in [1.54, 1.807) is 13.8 Å². The molecule has 0 aromatic heterocycles. The molecule has 0 radical (unpaired) electrons. The summed E-state index contributed by atoms with van der Waals surface area (Å²) in [6.45, 7) is 5.15. The number of nitrogens with one attached hydrogen (secondary N) is 3. The molecule has 1 fully saturated rings. The number of hydrogen-bond donors (Lipinski definition) is 7. The fourth-order valence-electron chi connectivity index (χ4n) is 4.59. The van der Waals surface area contributed by atoms with Crippen LogP contribution < -0.4 is 16.0 Å². The molecule has 1 rings (SSSR count). The maximum Gasteiger partial charge on any atom is 0.328 e. The number of rotatable bonds is 21. The number of hydrogen-bond acceptors (Lipinski definition) is 12. The highest BCUT2D eigenvalue weighted by atomic mass is 16.5. The van der Waals surface area contributed by atoms with Crippen LogP contribution in [0.4, 0.5) is 0 Å². The van der Waals surface area contributed by atoms with Crippen molar-refractivity contribution in [2.75, 3.05) is 32.8 Å². The van der Waals surface area contributed by atoms with Crippen LogP contribution in [0, 0.1) is 0 Å². The minimum Gasteiger partial charge on any atom is -0.464 e. The minimum absolute atomic E-state index is 0.0356. The molecule has 0 saturated carbocycles. The average Bonchev–Trinajstić information content (AvgIpc) is 3.01. The summed E-state index contributed by atoms with van der Waals surface area (Å²) in [5, 5.41) is 47.5. The van der Waals surface area contributed by atoms with Crippen LogP contribution in [0.1, 0.15) is 79.1 Å². The molecule has 3 atom stereocenters. The van der Waals surface area contributed by atoms with Gasteiger partial charge in [0.2, 0.25) is 23.6 Å². The van der Waals surface area contributed by atoms with E-state index in [1.165, 1.54) is 19.9 Å². The van der Waals surface area contributed by atoms with Crippen molar-refractivity contribution in [3.63, 3.8) is 0 Å². The number of piperazine rings is 1. The molecule has 0 aliphatic carbocycles. The Kier molecular flexibility index (Phi) is 19.4. The highest BCUT2D eigenvalue weighted by molar-refractivity contribution is 5.97. The molecule has 1 heterocycles. The number of aliphatic hydroxyl groups is 1. The number of aliphatic hydroxyl groups excluding tert-OH is 1. The third kappa shape index (κ3) is 17.0. The van der Waals surface area contributed by atoms with Crippen LogP contribution in [0.25, 0.3) is 0 Å². The molecule has 49 heavy (non-hydrogen) atoms. The van der Waals surface area contributed by atoms with Crippen molar-refractivity contribution in [3.05, 3.63) is 23.3 Å². The Morgan fingerprint density at radius 1 is 0.776 bits per heavy atom. The molecule has 3 unspecified atom stereocenters. The van der Waals surface area contributed by atoms with Crippen molar-refractivity contribution >= 4 is 41.4 Å². The number of carbonyl (C=O) groups excluding carboxylic acids is 7. The largest absolute Gasteiger partial charge is 0.464 e. The van der Waals surface area contributed by atoms with Gasteiger partial charge in [-0.1, -0.05) is 11.1 Å². The molecule has 0 aromatic carbocycles. The van der Waals surface area contributed by atoms with Crippen molar-refractivity contribution in [3.8, 4) is 0 Å². The summed E-state index contributed by atoms with van der Waals surface area (Å²) in [6, 6.07) is -2.74. The van der Waals surface area contributed by atoms with Crippen molar-refractivity contribution in [2.45, 2.75) is 97.2 Å². The first kappa shape index (κ1) is 42.6. The lowest BCUT2D eigenvalue weighted by molar-refractivity contribution is -0.163. The van der Waals surface area contributed by atoms with E-state index in [0.717, 1.165) is 6.08 Å². The molecular formula is C31H50N6O12. The molecule has 18 heteroatoms. The van der Waals surface area contributed by atoms with Gasteiger partial charge in [0.1, 0.15) is 18.1 Å². The molecule has 6 amide bonds. The monoisotopic (exact) mass is 698 g/mol. The Morgan fingerprint density at radius 3 is 1.69 bits per heavy atom. The highest BCUT2D eigenvalue weighted by Gasteiger charge is 2.33. The number of amides is 6. The molecule has 7 N–H and O–H groups in total. The zero-order valence-corrected chi connectivity index (χ0v) is 28.5. The zero-order chi connectivity index (χ0) is 37.1. The molecule has 0 bridgehead atoms. The fraction of sp³-hybridized carbons (Fsp3) is 0.645. The second kappa shape index (κ2) is 22.3. The Balaban J connectivity index is 2.44. The maximum absolute atomic E-state index is 12.5. The van der Waals surface area contributed by atoms with Gasteiger partial charge in [0.05, 0.1) is 6.61 Å². The van der Waals surface area contributed by atoms with E-state index >= 15 is 0 Å². The van der Waals surface area contributed by atoms with E-state index in [2.05, 4.69) is 16.0 Å². The minimum atomic E-state index is -0.997. The van der Waals surface area contributed by atoms with Gasteiger partial charge >= 0.3 is 5.97 Å². The van der Waals surface area contributed by atoms with Gasteiger partial charge in [-0.25, -0.2) is 20.0 Å². The van der Waals surface area contributed by atoms with E-state index in [9.17, 15) is 49.2 Å². The summed E-state index contributed by atoms with van der Waals surface area (Å²) in [5.74, 6) is -4.04. The summed E-state index contributed by atoms with van der Waals surface area (Å²) >= 11 is 0. The summed E-state index contributed by atoms with van der Waals surface area (Å²) in [4.78, 5) is 84.5. The van der Waals surface area contributed by atoms with Crippen molar-refractivity contribution in [2.24, 2.45) is 0 Å². The Hall–Kier alpha value is -4.39. The second-order valence-corrected chi connectivity index (χ2v) is 11.7. The van der Waals surface area contributed by atoms with Gasteiger partial charge in [-0.05, 0) is 58.8 Å². The molecular weight excluding hydrogens is 648 g/mol. The van der Waals surface area contributed by atoms with Crippen LogP contribution in [0.15, 0.2) is 23.3 Å². The molecule has 1 aliphatic heterocycles. The van der Waals surface area contributed by atoms with Gasteiger partial charge < -0.3 is 25.8 Å². The van der Waals surface area contributed by atoms with Crippen molar-refractivity contribution in [1.82, 2.24) is 31.1 Å². The van der Waals surface area contributed by atoms with E-state index in [4.69, 9.17) is 9.84 Å². The number of nitrogens with zero attached hydrogens (tertiary/aromatic N) is 3. The molecule has 0 spiro atoms. The lowest BCUT2D eigenvalue weighted by Crippen LogP contribution is -2.61. The van der Waals surface area contributed by atoms with Crippen LogP contribution in [0.5, 0.6) is 0 Å². The van der Waals surface area contributed by atoms with Gasteiger partial charge in [-0.15, -0.1) is 0 Å². The van der Waals surface area contributed by atoms with Gasteiger partial charge in [0.25, 0.3) is 11.8 Å². The molecule has 276 valence electrons. The SMILES string of the molecule is CC(=O)NC(CCCN(O)C(C)=O)C(=O)OCC/C(C)=C/C(=O)N(O)CCCC1NC(=O)C(CCCN(O)C(=O)/C=C(\C)CCO)NC1=O. The molecule has 1 saturated heterocycles. The second-order valence-electron chi connectivity index (χ2n) is 11.7. The number of hydroxylamine groups is 6. The fourth-order valence-corrected chi connectivity index (χ4v) is 4.59. The van der Waals surface area contributed by atoms with Gasteiger partial charge in [0.15, 0.2) is 0 Å². The zero-order valence-electron chi connectivity index (χ0n) is 28.5. The topological polar surface area (TPSA) is 255 Å². The van der Waals surface area contributed by atoms with E-state index in [0.29, 0.717) is 32.8 Å². The normalized spacial score (nSPS) is 17.0. The number of esters is 1. The maximum atomic E-state index is 12.5. The quantitative estimate of drug-likeness (QED) is 0.0353. The van der Waals surface area contributed by atoms with Crippen molar-refractivity contribution in [1.29, 1.82) is 0 Å². The first-order chi connectivity index (χ1) is 23.0. The van der Waals surface area contributed by atoms with Crippen LogP contribution >= 0.6 is 0 Å². The number of ether oxygens (including phenoxy) is 1. The molecule has 0 aromatic rings. The predicted octanol–water partition coefficient (Wildman–Crippen LogP) is -0.303. The van der Waals surface area contributed by atoms with Crippen LogP contribution in [0.2, 0.25) is 0 Å². The summed E-state index contributed by atoms with van der Waals surface area (Å²) < 4.78 is 5.21. The third-order valence-corrected chi connectivity index (χ3v) is 7.38. The molecule has 18 nitrogen and oxygen atoms in total. The summed E-state index contributed by atoms with van der Waals surface area (Å²) in [7, 11) is 0. The van der Waals surface area contributed by atoms with Crippen LogP contribution in [-0.2, 0) is 38.3 Å². The predicted molar refractivity (Wildman–Crippen MR) is 170 cm³/mol. The smallest absolute Gasteiger partial charge is 0.328 e. The first-order valence-electron chi connectivity index (χ1n) is 16.0. The molecule has 1 aliphatic rings. The highest BCUT2D eigenvalue weighted by Crippen LogP contribution is 2.11. The average molecular weight is 699 g/mol. The third-order valence-electron chi connectivity index (χ3n) is 7.38. The van der Waals surface area contributed by atoms with Crippen LogP contribution in [-0.4, -0.2) is 128 Å².